The Balaban J connectivity index is 1.45. The molecule has 0 saturated carbocycles. The van der Waals surface area contributed by atoms with E-state index in [0.29, 0.717) is 30.3 Å². The molecule has 34 heavy (non-hydrogen) atoms. The Hall–Kier alpha value is -2.52. The van der Waals surface area contributed by atoms with Gasteiger partial charge in [-0.15, -0.1) is 0 Å². The van der Waals surface area contributed by atoms with E-state index in [1.807, 2.05) is 6.07 Å². The van der Waals surface area contributed by atoms with Gasteiger partial charge in [-0.2, -0.15) is 14.7 Å². The SMILES string of the molecule is N#Cc1ccc(S(=O)(=O)N2CC[C@@H](n3ncc(NC[C@H]4CCCOC4)c(Cl)c3=O)[C@H](F)C2)cc1. The Kier molecular flexibility index (Phi) is 7.52. The summed E-state index contributed by atoms with van der Waals surface area (Å²) in [6.45, 7) is 1.58. The minimum atomic E-state index is -3.94. The second-order valence-electron chi connectivity index (χ2n) is 8.46. The average Bonchev–Trinajstić information content (AvgIpc) is 2.86. The van der Waals surface area contributed by atoms with Crippen molar-refractivity contribution in [2.24, 2.45) is 5.92 Å². The fraction of sp³-hybridized carbons (Fsp3) is 0.500. The number of hydrogen-bond donors (Lipinski definition) is 1. The van der Waals surface area contributed by atoms with Crippen LogP contribution in [-0.4, -0.2) is 61.5 Å². The van der Waals surface area contributed by atoms with Gasteiger partial charge in [0, 0.05) is 26.2 Å². The van der Waals surface area contributed by atoms with Crippen LogP contribution in [-0.2, 0) is 14.8 Å². The van der Waals surface area contributed by atoms with Crippen molar-refractivity contribution < 1.29 is 17.5 Å². The first-order valence-corrected chi connectivity index (χ1v) is 12.9. The van der Waals surface area contributed by atoms with Gasteiger partial charge in [-0.25, -0.2) is 17.5 Å². The van der Waals surface area contributed by atoms with Gasteiger partial charge in [-0.1, -0.05) is 11.6 Å². The van der Waals surface area contributed by atoms with Crippen LogP contribution in [0.15, 0.2) is 40.2 Å². The van der Waals surface area contributed by atoms with Crippen molar-refractivity contribution in [2.45, 2.75) is 36.4 Å². The molecule has 0 spiro atoms. The quantitative estimate of drug-likeness (QED) is 0.636. The molecule has 3 heterocycles. The molecule has 1 aromatic heterocycles. The third-order valence-corrected chi connectivity index (χ3v) is 8.43. The number of halogens is 2. The van der Waals surface area contributed by atoms with Gasteiger partial charge in [0.2, 0.25) is 10.0 Å². The highest BCUT2D eigenvalue weighted by Crippen LogP contribution is 2.29. The van der Waals surface area contributed by atoms with Crippen LogP contribution < -0.4 is 10.9 Å². The van der Waals surface area contributed by atoms with Crippen LogP contribution in [0.1, 0.15) is 30.9 Å². The maximum Gasteiger partial charge on any atom is 0.288 e. The fourth-order valence-electron chi connectivity index (χ4n) is 4.24. The molecule has 2 aliphatic rings. The number of piperidine rings is 1. The minimum absolute atomic E-state index is 0.0147. The van der Waals surface area contributed by atoms with Gasteiger partial charge in [0.25, 0.3) is 5.56 Å². The van der Waals surface area contributed by atoms with Gasteiger partial charge in [0.1, 0.15) is 11.2 Å². The van der Waals surface area contributed by atoms with Crippen LogP contribution in [0.4, 0.5) is 10.1 Å². The van der Waals surface area contributed by atoms with Crippen molar-refractivity contribution in [2.75, 3.05) is 38.2 Å². The summed E-state index contributed by atoms with van der Waals surface area (Å²) in [5.41, 5.74) is 0.0840. The molecule has 1 N–H and O–H groups in total. The number of aromatic nitrogens is 2. The lowest BCUT2D eigenvalue weighted by Gasteiger charge is -2.34. The van der Waals surface area contributed by atoms with Crippen LogP contribution in [0.3, 0.4) is 0 Å². The summed E-state index contributed by atoms with van der Waals surface area (Å²) in [7, 11) is -3.94. The van der Waals surface area contributed by atoms with E-state index in [0.717, 1.165) is 28.4 Å². The van der Waals surface area contributed by atoms with Gasteiger partial charge in [0.05, 0.1) is 41.1 Å². The first-order chi connectivity index (χ1) is 16.3. The maximum absolute atomic E-state index is 15.1. The third kappa shape index (κ3) is 5.10. The van der Waals surface area contributed by atoms with Crippen molar-refractivity contribution in [3.8, 4) is 6.07 Å². The molecule has 3 atom stereocenters. The van der Waals surface area contributed by atoms with Crippen molar-refractivity contribution in [3.63, 3.8) is 0 Å². The van der Waals surface area contributed by atoms with Gasteiger partial charge in [0.15, 0.2) is 0 Å². The summed E-state index contributed by atoms with van der Waals surface area (Å²) in [6.07, 6.45) is 1.81. The second kappa shape index (κ2) is 10.4. The molecule has 4 rings (SSSR count). The molecule has 182 valence electrons. The molecule has 0 amide bonds. The summed E-state index contributed by atoms with van der Waals surface area (Å²) < 4.78 is 48.4. The zero-order chi connectivity index (χ0) is 24.3. The molecule has 0 aliphatic carbocycles. The Morgan fingerprint density at radius 3 is 2.71 bits per heavy atom. The van der Waals surface area contributed by atoms with Gasteiger partial charge < -0.3 is 10.1 Å². The normalized spacial score (nSPS) is 23.9. The number of benzene rings is 1. The number of nitrogens with one attached hydrogen (secondary N) is 1. The van der Waals surface area contributed by atoms with E-state index in [9.17, 15) is 13.2 Å². The predicted octanol–water partition coefficient (Wildman–Crippen LogP) is 2.58. The largest absolute Gasteiger partial charge is 0.382 e. The summed E-state index contributed by atoms with van der Waals surface area (Å²) in [6, 6.07) is 6.44. The number of anilines is 1. The Labute approximate surface area is 202 Å². The predicted molar refractivity (Wildman–Crippen MR) is 124 cm³/mol. The zero-order valence-corrected chi connectivity index (χ0v) is 19.9. The molecule has 2 aromatic rings. The number of rotatable bonds is 6. The molecule has 2 saturated heterocycles. The summed E-state index contributed by atoms with van der Waals surface area (Å²) in [5.74, 6) is 0.310. The maximum atomic E-state index is 15.1. The molecule has 1 aromatic carbocycles. The highest BCUT2D eigenvalue weighted by atomic mass is 35.5. The monoisotopic (exact) mass is 509 g/mol. The van der Waals surface area contributed by atoms with Gasteiger partial charge in [-0.05, 0) is 49.4 Å². The highest BCUT2D eigenvalue weighted by Gasteiger charge is 2.38. The molecular weight excluding hydrogens is 485 g/mol. The Morgan fingerprint density at radius 2 is 2.06 bits per heavy atom. The van der Waals surface area contributed by atoms with E-state index >= 15 is 4.39 Å². The van der Waals surface area contributed by atoms with Crippen molar-refractivity contribution in [1.82, 2.24) is 14.1 Å². The smallest absolute Gasteiger partial charge is 0.288 e. The number of hydrogen-bond acceptors (Lipinski definition) is 7. The molecule has 2 fully saturated rings. The van der Waals surface area contributed by atoms with Crippen LogP contribution in [0.2, 0.25) is 5.02 Å². The van der Waals surface area contributed by atoms with Crippen LogP contribution >= 0.6 is 11.6 Å². The number of ether oxygens (including phenoxy) is 1. The van der Waals surface area contributed by atoms with Crippen molar-refractivity contribution in [1.29, 1.82) is 5.26 Å². The van der Waals surface area contributed by atoms with Crippen LogP contribution in [0, 0.1) is 17.2 Å². The lowest BCUT2D eigenvalue weighted by Crippen LogP contribution is -2.47. The topological polar surface area (TPSA) is 117 Å². The van der Waals surface area contributed by atoms with Crippen LogP contribution in [0.25, 0.3) is 0 Å². The molecule has 0 bridgehead atoms. The van der Waals surface area contributed by atoms with Crippen molar-refractivity contribution in [3.05, 3.63) is 51.4 Å². The van der Waals surface area contributed by atoms with Crippen molar-refractivity contribution >= 4 is 27.3 Å². The summed E-state index contributed by atoms with van der Waals surface area (Å²) in [5, 5.41) is 16.1. The summed E-state index contributed by atoms with van der Waals surface area (Å²) >= 11 is 6.27. The first-order valence-electron chi connectivity index (χ1n) is 11.0. The average molecular weight is 510 g/mol. The number of sulfonamides is 1. The minimum Gasteiger partial charge on any atom is -0.382 e. The molecule has 2 aliphatic heterocycles. The van der Waals surface area contributed by atoms with Gasteiger partial charge in [-0.3, -0.25) is 4.79 Å². The molecule has 12 heteroatoms. The van der Waals surface area contributed by atoms with E-state index in [2.05, 4.69) is 10.4 Å². The number of alkyl halides is 1. The highest BCUT2D eigenvalue weighted by molar-refractivity contribution is 7.89. The molecule has 0 unspecified atom stereocenters. The second-order valence-corrected chi connectivity index (χ2v) is 10.8. The molecule has 0 radical (unpaired) electrons. The van der Waals surface area contributed by atoms with E-state index in [-0.39, 0.29) is 22.9 Å². The lowest BCUT2D eigenvalue weighted by molar-refractivity contribution is 0.0595. The van der Waals surface area contributed by atoms with E-state index in [1.54, 1.807) is 0 Å². The first kappa shape index (κ1) is 24.6. The number of nitrogens with zero attached hydrogens (tertiary/aromatic N) is 4. The molecular formula is C22H25ClFN5O4S. The fourth-order valence-corrected chi connectivity index (χ4v) is 5.90. The van der Waals surface area contributed by atoms with Gasteiger partial charge >= 0.3 is 0 Å². The molecule has 9 nitrogen and oxygen atoms in total. The third-order valence-electron chi connectivity index (χ3n) is 6.18. The number of nitriles is 1. The Morgan fingerprint density at radius 1 is 1.29 bits per heavy atom. The lowest BCUT2D eigenvalue weighted by atomic mass is 10.0. The zero-order valence-electron chi connectivity index (χ0n) is 18.4. The van der Waals surface area contributed by atoms with E-state index in [4.69, 9.17) is 21.6 Å². The standard InChI is InChI=1S/C22H25ClFN5O4S/c23-21-19(26-11-16-2-1-9-33-14-16)12-27-29(22(21)30)20-7-8-28(13-18(20)24)34(31,32)17-5-3-15(10-25)4-6-17/h3-6,12,16,18,20,26H,1-2,7-9,11,13-14H2/t16-,18-,20-/m1/s1. The van der Waals surface area contributed by atoms with E-state index < -0.39 is 34.3 Å². The Bertz CT molecular complexity index is 1230. The van der Waals surface area contributed by atoms with Crippen LogP contribution in [0.5, 0.6) is 0 Å². The van der Waals surface area contributed by atoms with E-state index in [1.165, 1.54) is 30.5 Å². The summed E-state index contributed by atoms with van der Waals surface area (Å²) in [4.78, 5) is 12.8.